The molecule has 1 amide bonds. The molecule has 3 rings (SSSR count). The number of rotatable bonds is 1. The number of hydrogen-bond donors (Lipinski definition) is 1. The molecule has 20 heavy (non-hydrogen) atoms. The van der Waals surface area contributed by atoms with E-state index in [1.165, 1.54) is 0 Å². The molecule has 0 bridgehead atoms. The monoisotopic (exact) mass is 289 g/mol. The summed E-state index contributed by atoms with van der Waals surface area (Å²) < 4.78 is 0. The number of amides is 1. The van der Waals surface area contributed by atoms with Crippen LogP contribution in [0, 0.1) is 0 Å². The predicted molar refractivity (Wildman–Crippen MR) is 81.2 cm³/mol. The van der Waals surface area contributed by atoms with E-state index in [9.17, 15) is 4.79 Å². The van der Waals surface area contributed by atoms with Crippen LogP contribution in [0.25, 0.3) is 10.9 Å². The van der Waals surface area contributed by atoms with Crippen LogP contribution >= 0.6 is 11.6 Å². The predicted octanol–water partition coefficient (Wildman–Crippen LogP) is 2.60. The zero-order chi connectivity index (χ0) is 14.3. The van der Waals surface area contributed by atoms with Crippen molar-refractivity contribution in [3.05, 3.63) is 35.5 Å². The van der Waals surface area contributed by atoms with E-state index in [1.807, 2.05) is 30.0 Å². The first-order chi connectivity index (χ1) is 9.56. The van der Waals surface area contributed by atoms with Gasteiger partial charge in [0, 0.05) is 29.9 Å². The number of pyridine rings is 1. The lowest BCUT2D eigenvalue weighted by Crippen LogP contribution is -2.58. The molecule has 1 aliphatic rings. The van der Waals surface area contributed by atoms with Gasteiger partial charge in [-0.05, 0) is 38.1 Å². The summed E-state index contributed by atoms with van der Waals surface area (Å²) in [5.41, 5.74) is 1.68. The largest absolute Gasteiger partial charge is 0.309 e. The third-order valence-corrected chi connectivity index (χ3v) is 3.94. The number of halogens is 1. The maximum absolute atomic E-state index is 12.3. The van der Waals surface area contributed by atoms with Crippen molar-refractivity contribution in [3.63, 3.8) is 0 Å². The van der Waals surface area contributed by atoms with E-state index in [1.54, 1.807) is 12.3 Å². The maximum atomic E-state index is 12.3. The molecule has 1 aliphatic heterocycles. The van der Waals surface area contributed by atoms with Crippen LogP contribution in [0.2, 0.25) is 5.02 Å². The molecule has 1 aromatic carbocycles. The van der Waals surface area contributed by atoms with Crippen LogP contribution in [-0.4, -0.2) is 29.5 Å². The van der Waals surface area contributed by atoms with Gasteiger partial charge in [-0.15, -0.1) is 0 Å². The highest BCUT2D eigenvalue weighted by Gasteiger charge is 2.29. The molecule has 0 spiro atoms. The average molecular weight is 290 g/mol. The summed E-state index contributed by atoms with van der Waals surface area (Å²) >= 11 is 6.14. The number of aromatic nitrogens is 1. The van der Waals surface area contributed by atoms with Gasteiger partial charge in [-0.3, -0.25) is 9.78 Å². The molecular formula is C15H16ClN3O. The van der Waals surface area contributed by atoms with Gasteiger partial charge in [0.15, 0.2) is 0 Å². The molecule has 2 aromatic rings. The standard InChI is InChI=1S/C15H16ClN3O/c1-9-8-19(15(20)10(2)18-9)11-3-4-12-13(16)5-6-17-14(12)7-11/h3-7,9-10,18H,8H2,1-2H3/t9-,10+/m1/s1. The Morgan fingerprint density at radius 2 is 2.15 bits per heavy atom. The van der Waals surface area contributed by atoms with Crippen molar-refractivity contribution in [2.75, 3.05) is 11.4 Å². The Labute approximate surface area is 122 Å². The molecule has 104 valence electrons. The first-order valence-corrected chi connectivity index (χ1v) is 7.06. The second-order valence-electron chi connectivity index (χ2n) is 5.23. The second kappa shape index (κ2) is 5.04. The highest BCUT2D eigenvalue weighted by Crippen LogP contribution is 2.27. The van der Waals surface area contributed by atoms with Gasteiger partial charge in [0.05, 0.1) is 16.6 Å². The number of nitrogens with zero attached hydrogens (tertiary/aromatic N) is 2. The lowest BCUT2D eigenvalue weighted by atomic mass is 10.1. The fourth-order valence-corrected chi connectivity index (χ4v) is 2.87. The molecule has 0 radical (unpaired) electrons. The van der Waals surface area contributed by atoms with E-state index in [2.05, 4.69) is 17.2 Å². The maximum Gasteiger partial charge on any atom is 0.243 e. The summed E-state index contributed by atoms with van der Waals surface area (Å²) in [6.45, 7) is 4.63. The Morgan fingerprint density at radius 1 is 1.35 bits per heavy atom. The summed E-state index contributed by atoms with van der Waals surface area (Å²) in [7, 11) is 0. The Morgan fingerprint density at radius 3 is 2.95 bits per heavy atom. The van der Waals surface area contributed by atoms with Gasteiger partial charge < -0.3 is 10.2 Å². The van der Waals surface area contributed by atoms with Crippen molar-refractivity contribution in [2.45, 2.75) is 25.9 Å². The fourth-order valence-electron chi connectivity index (χ4n) is 2.65. The molecule has 0 unspecified atom stereocenters. The molecule has 1 saturated heterocycles. The fraction of sp³-hybridized carbons (Fsp3) is 0.333. The first-order valence-electron chi connectivity index (χ1n) is 6.68. The molecule has 0 saturated carbocycles. The van der Waals surface area contributed by atoms with Crippen molar-refractivity contribution < 1.29 is 4.79 Å². The van der Waals surface area contributed by atoms with Crippen LogP contribution in [0.1, 0.15) is 13.8 Å². The van der Waals surface area contributed by atoms with Crippen LogP contribution < -0.4 is 10.2 Å². The third kappa shape index (κ3) is 2.25. The minimum Gasteiger partial charge on any atom is -0.309 e. The van der Waals surface area contributed by atoms with Gasteiger partial charge in [-0.25, -0.2) is 0 Å². The van der Waals surface area contributed by atoms with E-state index in [0.29, 0.717) is 11.6 Å². The number of benzene rings is 1. The molecule has 1 fully saturated rings. The van der Waals surface area contributed by atoms with Crippen molar-refractivity contribution in [3.8, 4) is 0 Å². The normalized spacial score (nSPS) is 23.4. The number of fused-ring (bicyclic) bond motifs is 1. The molecular weight excluding hydrogens is 274 g/mol. The third-order valence-electron chi connectivity index (χ3n) is 3.61. The van der Waals surface area contributed by atoms with Gasteiger partial charge in [0.2, 0.25) is 5.91 Å². The number of carbonyl (C=O) groups is 1. The minimum atomic E-state index is -0.165. The molecule has 2 atom stereocenters. The average Bonchev–Trinajstić information content (AvgIpc) is 2.43. The van der Waals surface area contributed by atoms with Gasteiger partial charge in [-0.1, -0.05) is 11.6 Å². The van der Waals surface area contributed by atoms with Crippen LogP contribution in [0.5, 0.6) is 0 Å². The molecule has 1 aromatic heterocycles. The Hall–Kier alpha value is -1.65. The highest BCUT2D eigenvalue weighted by atomic mass is 35.5. The van der Waals surface area contributed by atoms with Gasteiger partial charge >= 0.3 is 0 Å². The minimum absolute atomic E-state index is 0.0875. The zero-order valence-electron chi connectivity index (χ0n) is 11.4. The van der Waals surface area contributed by atoms with Crippen LogP contribution in [-0.2, 0) is 4.79 Å². The quantitative estimate of drug-likeness (QED) is 0.878. The Bertz CT molecular complexity index is 673. The summed E-state index contributed by atoms with van der Waals surface area (Å²) in [5.74, 6) is 0.0875. The van der Waals surface area contributed by atoms with Gasteiger partial charge in [0.1, 0.15) is 0 Å². The van der Waals surface area contributed by atoms with Crippen molar-refractivity contribution in [1.29, 1.82) is 0 Å². The molecule has 5 heteroatoms. The van der Waals surface area contributed by atoms with Gasteiger partial charge in [0.25, 0.3) is 0 Å². The number of anilines is 1. The molecule has 1 N–H and O–H groups in total. The number of piperazine rings is 1. The number of carbonyl (C=O) groups excluding carboxylic acids is 1. The van der Waals surface area contributed by atoms with E-state index < -0.39 is 0 Å². The molecule has 0 aliphatic carbocycles. The van der Waals surface area contributed by atoms with E-state index >= 15 is 0 Å². The van der Waals surface area contributed by atoms with Crippen LogP contribution in [0.4, 0.5) is 5.69 Å². The molecule has 4 nitrogen and oxygen atoms in total. The second-order valence-corrected chi connectivity index (χ2v) is 5.64. The van der Waals surface area contributed by atoms with Crippen molar-refractivity contribution in [2.24, 2.45) is 0 Å². The number of nitrogens with one attached hydrogen (secondary N) is 1. The summed E-state index contributed by atoms with van der Waals surface area (Å²) in [6, 6.07) is 7.64. The summed E-state index contributed by atoms with van der Waals surface area (Å²) in [4.78, 5) is 18.4. The Kier molecular flexibility index (Phi) is 3.36. The van der Waals surface area contributed by atoms with E-state index in [-0.39, 0.29) is 18.0 Å². The summed E-state index contributed by atoms with van der Waals surface area (Å²) in [6.07, 6.45) is 1.68. The first kappa shape index (κ1) is 13.3. The van der Waals surface area contributed by atoms with E-state index in [0.717, 1.165) is 16.6 Å². The lowest BCUT2D eigenvalue weighted by Gasteiger charge is -2.35. The van der Waals surface area contributed by atoms with Crippen molar-refractivity contribution in [1.82, 2.24) is 10.3 Å². The topological polar surface area (TPSA) is 45.2 Å². The lowest BCUT2D eigenvalue weighted by molar-refractivity contribution is -0.121. The zero-order valence-corrected chi connectivity index (χ0v) is 12.2. The Balaban J connectivity index is 2.03. The van der Waals surface area contributed by atoms with Gasteiger partial charge in [-0.2, -0.15) is 0 Å². The van der Waals surface area contributed by atoms with Crippen LogP contribution in [0.15, 0.2) is 30.5 Å². The van der Waals surface area contributed by atoms with Crippen LogP contribution in [0.3, 0.4) is 0 Å². The van der Waals surface area contributed by atoms with Crippen molar-refractivity contribution >= 4 is 34.1 Å². The highest BCUT2D eigenvalue weighted by molar-refractivity contribution is 6.35. The molecule has 2 heterocycles. The SMILES string of the molecule is C[C@@H]1CN(c2ccc3c(Cl)ccnc3c2)C(=O)[C@H](C)N1. The van der Waals surface area contributed by atoms with E-state index in [4.69, 9.17) is 11.6 Å². The number of hydrogen-bond acceptors (Lipinski definition) is 3. The summed E-state index contributed by atoms with van der Waals surface area (Å²) in [5, 5.41) is 4.83. The smallest absolute Gasteiger partial charge is 0.243 e.